The van der Waals surface area contributed by atoms with Crippen LogP contribution in [0, 0.1) is 0 Å². The Morgan fingerprint density at radius 1 is 1.15 bits per heavy atom. The second-order valence-corrected chi connectivity index (χ2v) is 9.40. The highest BCUT2D eigenvalue weighted by molar-refractivity contribution is 7.89. The normalized spacial score (nSPS) is 19.4. The Bertz CT molecular complexity index is 789. The summed E-state index contributed by atoms with van der Waals surface area (Å²) in [6, 6.07) is 6.09. The third-order valence-electron chi connectivity index (χ3n) is 5.49. The van der Waals surface area contributed by atoms with E-state index in [0.29, 0.717) is 5.56 Å². The van der Waals surface area contributed by atoms with Crippen LogP contribution in [-0.4, -0.2) is 62.5 Å². The van der Waals surface area contributed by atoms with Crippen LogP contribution in [-0.2, 0) is 10.0 Å². The van der Waals surface area contributed by atoms with Gasteiger partial charge in [0.25, 0.3) is 5.91 Å². The Kier molecular flexibility index (Phi) is 6.29. The lowest BCUT2D eigenvalue weighted by molar-refractivity contribution is 0.0954. The molecule has 1 heterocycles. The molecule has 1 amide bonds. The van der Waals surface area contributed by atoms with Gasteiger partial charge in [0.15, 0.2) is 0 Å². The van der Waals surface area contributed by atoms with Gasteiger partial charge >= 0.3 is 0 Å². The second-order valence-electron chi connectivity index (χ2n) is 7.41. The van der Waals surface area contributed by atoms with Crippen LogP contribution in [0.4, 0.5) is 0 Å². The van der Waals surface area contributed by atoms with E-state index in [1.165, 1.54) is 16.4 Å². The largest absolute Gasteiger partial charge is 0.306 e. The molecule has 1 N–H and O–H groups in total. The summed E-state index contributed by atoms with van der Waals surface area (Å²) >= 11 is 0. The minimum Gasteiger partial charge on any atom is -0.306 e. The molecule has 7 nitrogen and oxygen atoms in total. The van der Waals surface area contributed by atoms with Crippen LogP contribution in [0.5, 0.6) is 0 Å². The molecule has 2 fully saturated rings. The van der Waals surface area contributed by atoms with Crippen LogP contribution in [0.25, 0.3) is 0 Å². The number of carbonyl (C=O) groups is 1. The summed E-state index contributed by atoms with van der Waals surface area (Å²) in [5.74, 6) is -0.318. The van der Waals surface area contributed by atoms with Crippen LogP contribution >= 0.6 is 0 Å². The Morgan fingerprint density at radius 2 is 1.74 bits per heavy atom. The zero-order chi connectivity index (χ0) is 19.4. The van der Waals surface area contributed by atoms with Gasteiger partial charge in [-0.3, -0.25) is 4.79 Å². The molecule has 1 aromatic rings. The zero-order valence-corrected chi connectivity index (χ0v) is 16.8. The highest BCUT2D eigenvalue weighted by Crippen LogP contribution is 2.22. The average molecular weight is 393 g/mol. The summed E-state index contributed by atoms with van der Waals surface area (Å²) in [7, 11) is 0.122. The van der Waals surface area contributed by atoms with Gasteiger partial charge in [-0.25, -0.2) is 13.8 Å². The second kappa shape index (κ2) is 8.50. The smallest absolute Gasteiger partial charge is 0.271 e. The zero-order valence-electron chi connectivity index (χ0n) is 16.0. The van der Waals surface area contributed by atoms with Crippen molar-refractivity contribution >= 4 is 21.6 Å². The number of hydrazone groups is 1. The van der Waals surface area contributed by atoms with Gasteiger partial charge in [0, 0.05) is 24.4 Å². The molecule has 0 atom stereocenters. The van der Waals surface area contributed by atoms with E-state index >= 15 is 0 Å². The van der Waals surface area contributed by atoms with Crippen molar-refractivity contribution < 1.29 is 13.2 Å². The quantitative estimate of drug-likeness (QED) is 0.778. The van der Waals surface area contributed by atoms with E-state index in [9.17, 15) is 13.2 Å². The van der Waals surface area contributed by atoms with Gasteiger partial charge < -0.3 is 4.90 Å². The van der Waals surface area contributed by atoms with Crippen LogP contribution < -0.4 is 5.43 Å². The van der Waals surface area contributed by atoms with Gasteiger partial charge in [-0.15, -0.1) is 0 Å². The topological polar surface area (TPSA) is 82.1 Å². The number of amides is 1. The minimum atomic E-state index is -3.57. The number of hydrogen-bond donors (Lipinski definition) is 1. The highest BCUT2D eigenvalue weighted by Gasteiger charge is 2.30. The summed E-state index contributed by atoms with van der Waals surface area (Å²) in [5.41, 5.74) is 3.98. The molecule has 0 unspecified atom stereocenters. The molecule has 27 heavy (non-hydrogen) atoms. The van der Waals surface area contributed by atoms with Crippen molar-refractivity contribution in [1.29, 1.82) is 0 Å². The maximum Gasteiger partial charge on any atom is 0.271 e. The molecular weight excluding hydrogens is 364 g/mol. The molecule has 0 bridgehead atoms. The summed E-state index contributed by atoms with van der Waals surface area (Å²) < 4.78 is 27.2. The molecule has 1 saturated carbocycles. The molecular formula is C19H28N4O3S. The predicted octanol–water partition coefficient (Wildman–Crippen LogP) is 2.06. The molecule has 8 heteroatoms. The molecule has 1 aliphatic carbocycles. The summed E-state index contributed by atoms with van der Waals surface area (Å²) in [6.07, 6.45) is 5.75. The Hall–Kier alpha value is -1.77. The van der Waals surface area contributed by atoms with Gasteiger partial charge in [0.05, 0.1) is 4.90 Å². The summed E-state index contributed by atoms with van der Waals surface area (Å²) in [6.45, 7) is 1.79. The van der Waals surface area contributed by atoms with E-state index in [1.807, 2.05) is 7.05 Å². The first-order chi connectivity index (χ1) is 12.9. The number of benzene rings is 1. The monoisotopic (exact) mass is 392 g/mol. The number of nitrogens with one attached hydrogen (secondary N) is 1. The van der Waals surface area contributed by atoms with Crippen molar-refractivity contribution in [3.05, 3.63) is 29.8 Å². The minimum absolute atomic E-state index is 0.0106. The van der Waals surface area contributed by atoms with Gasteiger partial charge in [0.2, 0.25) is 10.0 Å². The Balaban J connectivity index is 1.66. The number of sulfonamides is 1. The molecule has 0 aromatic heterocycles. The summed E-state index contributed by atoms with van der Waals surface area (Å²) in [4.78, 5) is 14.6. The fourth-order valence-corrected chi connectivity index (χ4v) is 5.00. The van der Waals surface area contributed by atoms with Crippen molar-refractivity contribution in [2.45, 2.75) is 49.5 Å². The average Bonchev–Trinajstić information content (AvgIpc) is 3.20. The van der Waals surface area contributed by atoms with E-state index < -0.39 is 10.0 Å². The molecule has 1 aromatic carbocycles. The number of piperidine rings is 1. The fourth-order valence-electron chi connectivity index (χ4n) is 3.59. The third kappa shape index (κ3) is 4.75. The molecule has 0 spiro atoms. The standard InChI is InChI=1S/C19H28N4O3S/c1-22-13-11-17(12-14-22)23(2)27(25,26)18-9-7-15(8-10-18)19(24)21-20-16-5-3-4-6-16/h7-10,17H,3-6,11-14H2,1-2H3,(H,21,24). The lowest BCUT2D eigenvalue weighted by Crippen LogP contribution is -2.44. The third-order valence-corrected chi connectivity index (χ3v) is 7.42. The summed E-state index contributed by atoms with van der Waals surface area (Å²) in [5, 5.41) is 4.15. The first kappa shape index (κ1) is 20.0. The first-order valence-corrected chi connectivity index (χ1v) is 10.9. The van der Waals surface area contributed by atoms with E-state index in [4.69, 9.17) is 0 Å². The van der Waals surface area contributed by atoms with Crippen molar-refractivity contribution in [2.75, 3.05) is 27.2 Å². The Morgan fingerprint density at radius 3 is 2.33 bits per heavy atom. The van der Waals surface area contributed by atoms with Crippen molar-refractivity contribution in [2.24, 2.45) is 5.10 Å². The maximum absolute atomic E-state index is 12.9. The number of hydrogen-bond acceptors (Lipinski definition) is 5. The molecule has 0 radical (unpaired) electrons. The van der Waals surface area contributed by atoms with Gasteiger partial charge in [0.1, 0.15) is 0 Å². The number of nitrogens with zero attached hydrogens (tertiary/aromatic N) is 3. The SMILES string of the molecule is CN1CCC(N(C)S(=O)(=O)c2ccc(C(=O)NN=C3CCCC3)cc2)CC1. The van der Waals surface area contributed by atoms with Crippen LogP contribution in [0.15, 0.2) is 34.3 Å². The van der Waals surface area contributed by atoms with Gasteiger partial charge in [-0.1, -0.05) is 0 Å². The molecule has 1 aliphatic heterocycles. The first-order valence-electron chi connectivity index (χ1n) is 9.50. The van der Waals surface area contributed by atoms with Crippen molar-refractivity contribution in [3.63, 3.8) is 0 Å². The van der Waals surface area contributed by atoms with E-state index in [-0.39, 0.29) is 16.8 Å². The number of likely N-dealkylation sites (tertiary alicyclic amines) is 1. The Labute approximate surface area is 161 Å². The molecule has 148 valence electrons. The van der Waals surface area contributed by atoms with Crippen LogP contribution in [0.3, 0.4) is 0 Å². The van der Waals surface area contributed by atoms with Crippen LogP contribution in [0.2, 0.25) is 0 Å². The molecule has 2 aliphatic rings. The fraction of sp³-hybridized carbons (Fsp3) is 0.579. The van der Waals surface area contributed by atoms with Gasteiger partial charge in [-0.05, 0) is 82.9 Å². The van der Waals surface area contributed by atoms with Crippen molar-refractivity contribution in [1.82, 2.24) is 14.6 Å². The lowest BCUT2D eigenvalue weighted by atomic mass is 10.1. The molecule has 3 rings (SSSR count). The van der Waals surface area contributed by atoms with Crippen molar-refractivity contribution in [3.8, 4) is 0 Å². The lowest BCUT2D eigenvalue weighted by Gasteiger charge is -2.34. The molecule has 1 saturated heterocycles. The van der Waals surface area contributed by atoms with E-state index in [0.717, 1.165) is 57.3 Å². The van der Waals surface area contributed by atoms with Crippen LogP contribution in [0.1, 0.15) is 48.9 Å². The number of carbonyl (C=O) groups excluding carboxylic acids is 1. The predicted molar refractivity (Wildman–Crippen MR) is 105 cm³/mol. The number of rotatable bonds is 5. The highest BCUT2D eigenvalue weighted by atomic mass is 32.2. The van der Waals surface area contributed by atoms with Gasteiger partial charge in [-0.2, -0.15) is 9.41 Å². The van der Waals surface area contributed by atoms with E-state index in [1.54, 1.807) is 19.2 Å². The maximum atomic E-state index is 12.9. The van der Waals surface area contributed by atoms with E-state index in [2.05, 4.69) is 15.4 Å².